The number of carbonyl (C=O) groups is 1. The molecule has 0 bridgehead atoms. The highest BCUT2D eigenvalue weighted by molar-refractivity contribution is 5.69. The van der Waals surface area contributed by atoms with Crippen molar-refractivity contribution in [1.82, 2.24) is 4.90 Å². The first-order valence-corrected chi connectivity index (χ1v) is 1.96. The van der Waals surface area contributed by atoms with Crippen LogP contribution >= 0.6 is 0 Å². The first kappa shape index (κ1) is 6.56. The predicted octanol–water partition coefficient (Wildman–Crippen LogP) is 0.0441. The quantitative estimate of drug-likeness (QED) is 0.462. The summed E-state index contributed by atoms with van der Waals surface area (Å²) in [5, 5.41) is 0. The van der Waals surface area contributed by atoms with Crippen LogP contribution in [0.2, 0.25) is 0 Å². The van der Waals surface area contributed by atoms with Crippen LogP contribution in [-0.2, 0) is 4.79 Å². The maximum atomic E-state index is 11.3. The van der Waals surface area contributed by atoms with Crippen molar-refractivity contribution in [2.75, 3.05) is 20.6 Å². The molecule has 0 saturated heterocycles. The molecule has 0 spiro atoms. The number of halogens is 1. The molecule has 3 heteroatoms. The van der Waals surface area contributed by atoms with Crippen molar-refractivity contribution in [1.29, 1.82) is 0 Å². The lowest BCUT2D eigenvalue weighted by atomic mass is 10.6. The van der Waals surface area contributed by atoms with E-state index in [0.29, 0.717) is 0 Å². The Kier molecular flexibility index (Phi) is 2.52. The molecular weight excluding hydrogens is 97.0 g/mol. The molecule has 0 aromatic rings. The maximum absolute atomic E-state index is 11.3. The Morgan fingerprint density at radius 2 is 2.14 bits per heavy atom. The fourth-order valence-corrected chi connectivity index (χ4v) is 0.249. The SMILES string of the molecule is CN(C)CC(=O)F. The third-order valence-corrected chi connectivity index (χ3v) is 0.441. The van der Waals surface area contributed by atoms with Gasteiger partial charge in [0.1, 0.15) is 0 Å². The van der Waals surface area contributed by atoms with E-state index in [9.17, 15) is 9.18 Å². The maximum Gasteiger partial charge on any atom is 0.315 e. The highest BCUT2D eigenvalue weighted by atomic mass is 19.1. The van der Waals surface area contributed by atoms with Crippen LogP contribution < -0.4 is 0 Å². The molecule has 0 heterocycles. The number of likely N-dealkylation sites (N-methyl/N-ethyl adjacent to an activating group) is 1. The van der Waals surface area contributed by atoms with E-state index in [4.69, 9.17) is 0 Å². The molecule has 42 valence electrons. The van der Waals surface area contributed by atoms with Crippen LogP contribution in [0.3, 0.4) is 0 Å². The highest BCUT2D eigenvalue weighted by Gasteiger charge is 1.96. The third kappa shape index (κ3) is 5.56. The molecule has 0 N–H and O–H groups in total. The predicted molar refractivity (Wildman–Crippen MR) is 24.7 cm³/mol. The Balaban J connectivity index is 3.13. The van der Waals surface area contributed by atoms with E-state index in [-0.39, 0.29) is 6.54 Å². The zero-order valence-corrected chi connectivity index (χ0v) is 4.44. The van der Waals surface area contributed by atoms with Crippen LogP contribution in [0, 0.1) is 0 Å². The number of hydrogen-bond donors (Lipinski definition) is 0. The molecule has 0 aromatic heterocycles. The van der Waals surface area contributed by atoms with Gasteiger partial charge in [0.2, 0.25) is 0 Å². The zero-order chi connectivity index (χ0) is 5.86. The molecule has 0 saturated carbocycles. The summed E-state index contributed by atoms with van der Waals surface area (Å²) in [5.74, 6) is 0. The van der Waals surface area contributed by atoms with E-state index in [1.165, 1.54) is 4.90 Å². The van der Waals surface area contributed by atoms with Crippen molar-refractivity contribution in [3.63, 3.8) is 0 Å². The van der Waals surface area contributed by atoms with Gasteiger partial charge in [-0.2, -0.15) is 4.39 Å². The van der Waals surface area contributed by atoms with Gasteiger partial charge in [0.25, 0.3) is 0 Å². The molecule has 0 unspecified atom stereocenters. The molecule has 0 aliphatic carbocycles. The summed E-state index contributed by atoms with van der Waals surface area (Å²) in [5.41, 5.74) is 0. The fraction of sp³-hybridized carbons (Fsp3) is 0.750. The third-order valence-electron chi connectivity index (χ3n) is 0.441. The van der Waals surface area contributed by atoms with Gasteiger partial charge in [0.05, 0.1) is 6.54 Å². The zero-order valence-electron chi connectivity index (χ0n) is 4.44. The molecule has 0 amide bonds. The fourth-order valence-electron chi connectivity index (χ4n) is 0.249. The summed E-state index contributed by atoms with van der Waals surface area (Å²) in [6.07, 6.45) is 0. The van der Waals surface area contributed by atoms with Gasteiger partial charge in [-0.1, -0.05) is 0 Å². The first-order chi connectivity index (χ1) is 3.13. The van der Waals surface area contributed by atoms with Gasteiger partial charge in [-0.05, 0) is 14.1 Å². The summed E-state index contributed by atoms with van der Waals surface area (Å²) in [7, 11) is 3.27. The van der Waals surface area contributed by atoms with Gasteiger partial charge in [-0.15, -0.1) is 0 Å². The monoisotopic (exact) mass is 105 g/mol. The molecular formula is C4H8FNO. The van der Waals surface area contributed by atoms with Crippen molar-refractivity contribution in [2.24, 2.45) is 0 Å². The second-order valence-corrected chi connectivity index (χ2v) is 1.59. The Morgan fingerprint density at radius 1 is 1.71 bits per heavy atom. The van der Waals surface area contributed by atoms with Gasteiger partial charge in [-0.3, -0.25) is 9.69 Å². The number of nitrogens with zero attached hydrogens (tertiary/aromatic N) is 1. The van der Waals surface area contributed by atoms with Crippen LogP contribution in [0.15, 0.2) is 0 Å². The Morgan fingerprint density at radius 3 is 2.14 bits per heavy atom. The molecule has 0 atom stereocenters. The van der Waals surface area contributed by atoms with Crippen molar-refractivity contribution in [3.05, 3.63) is 0 Å². The van der Waals surface area contributed by atoms with E-state index in [0.717, 1.165) is 0 Å². The summed E-state index contributed by atoms with van der Waals surface area (Å²) < 4.78 is 11.3. The largest absolute Gasteiger partial charge is 0.315 e. The van der Waals surface area contributed by atoms with Gasteiger partial charge >= 0.3 is 6.04 Å². The van der Waals surface area contributed by atoms with Crippen molar-refractivity contribution >= 4 is 6.04 Å². The average molecular weight is 105 g/mol. The van der Waals surface area contributed by atoms with E-state index in [2.05, 4.69) is 0 Å². The number of hydrogen-bond acceptors (Lipinski definition) is 2. The molecule has 0 aliphatic heterocycles. The second kappa shape index (κ2) is 2.69. The van der Waals surface area contributed by atoms with Gasteiger partial charge in [-0.25, -0.2) is 0 Å². The van der Waals surface area contributed by atoms with E-state index < -0.39 is 6.04 Å². The Labute approximate surface area is 41.9 Å². The minimum absolute atomic E-state index is 0.111. The topological polar surface area (TPSA) is 20.3 Å². The summed E-state index contributed by atoms with van der Waals surface area (Å²) in [6, 6.07) is -1.29. The summed E-state index contributed by atoms with van der Waals surface area (Å²) >= 11 is 0. The van der Waals surface area contributed by atoms with Crippen LogP contribution in [0.4, 0.5) is 4.39 Å². The van der Waals surface area contributed by atoms with Crippen LogP contribution in [0.1, 0.15) is 0 Å². The molecule has 0 aromatic carbocycles. The van der Waals surface area contributed by atoms with Gasteiger partial charge in [0, 0.05) is 0 Å². The number of carbonyl (C=O) groups excluding carboxylic acids is 1. The van der Waals surface area contributed by atoms with Crippen LogP contribution in [0.5, 0.6) is 0 Å². The first-order valence-electron chi connectivity index (χ1n) is 1.96. The van der Waals surface area contributed by atoms with Gasteiger partial charge < -0.3 is 0 Å². The minimum atomic E-state index is -1.29. The molecule has 0 rings (SSSR count). The summed E-state index contributed by atoms with van der Waals surface area (Å²) in [6.45, 7) is -0.111. The van der Waals surface area contributed by atoms with Gasteiger partial charge in [0.15, 0.2) is 0 Å². The van der Waals surface area contributed by atoms with Crippen molar-refractivity contribution in [2.45, 2.75) is 0 Å². The van der Waals surface area contributed by atoms with Crippen LogP contribution in [0.25, 0.3) is 0 Å². The molecule has 7 heavy (non-hydrogen) atoms. The van der Waals surface area contributed by atoms with E-state index in [1.54, 1.807) is 14.1 Å². The molecule has 0 fully saturated rings. The van der Waals surface area contributed by atoms with E-state index in [1.807, 2.05) is 0 Å². The lowest BCUT2D eigenvalue weighted by Gasteiger charge is -2.00. The summed E-state index contributed by atoms with van der Waals surface area (Å²) in [4.78, 5) is 11.0. The van der Waals surface area contributed by atoms with Crippen molar-refractivity contribution < 1.29 is 9.18 Å². The van der Waals surface area contributed by atoms with Crippen LogP contribution in [-0.4, -0.2) is 31.6 Å². The highest BCUT2D eigenvalue weighted by Crippen LogP contribution is 1.75. The normalized spacial score (nSPS) is 9.71. The lowest BCUT2D eigenvalue weighted by molar-refractivity contribution is -0.129. The molecule has 2 nitrogen and oxygen atoms in total. The standard InChI is InChI=1S/C4H8FNO/c1-6(2)3-4(5)7/h3H2,1-2H3. The van der Waals surface area contributed by atoms with E-state index >= 15 is 0 Å². The second-order valence-electron chi connectivity index (χ2n) is 1.59. The molecule has 0 aliphatic rings. The van der Waals surface area contributed by atoms with Crippen molar-refractivity contribution in [3.8, 4) is 0 Å². The minimum Gasteiger partial charge on any atom is -0.300 e. The Bertz CT molecular complexity index is 72.1. The number of rotatable bonds is 2. The average Bonchev–Trinajstić information content (AvgIpc) is 1.27. The smallest absolute Gasteiger partial charge is 0.300 e. The molecule has 0 radical (unpaired) electrons. The Hall–Kier alpha value is -0.440. The lowest BCUT2D eigenvalue weighted by Crippen LogP contribution is -2.18.